The number of imidazole rings is 1. The van der Waals surface area contributed by atoms with E-state index in [9.17, 15) is 9.59 Å². The van der Waals surface area contributed by atoms with Crippen LogP contribution in [0, 0.1) is 0 Å². The molecule has 0 saturated carbocycles. The molecule has 0 saturated heterocycles. The summed E-state index contributed by atoms with van der Waals surface area (Å²) in [5.41, 5.74) is 1.87. The van der Waals surface area contributed by atoms with Crippen molar-refractivity contribution in [3.63, 3.8) is 0 Å². The van der Waals surface area contributed by atoms with Crippen molar-refractivity contribution in [2.45, 2.75) is 6.54 Å². The number of nitrogens with one attached hydrogen (secondary N) is 3. The number of carbonyl (C=O) groups excluding carboxylic acids is 2. The van der Waals surface area contributed by atoms with Crippen molar-refractivity contribution in [1.29, 1.82) is 0 Å². The van der Waals surface area contributed by atoms with Crippen molar-refractivity contribution < 1.29 is 14.3 Å². The minimum Gasteiger partial charge on any atom is -0.482 e. The predicted octanol–water partition coefficient (Wildman–Crippen LogP) is 0.671. The molecule has 1 aromatic heterocycles. The van der Waals surface area contributed by atoms with Gasteiger partial charge in [-0.3, -0.25) is 9.59 Å². The zero-order chi connectivity index (χ0) is 13.9. The summed E-state index contributed by atoms with van der Waals surface area (Å²) in [5.74, 6) is 0.0793. The molecule has 0 atom stereocenters. The molecule has 0 spiro atoms. The number of amides is 2. The van der Waals surface area contributed by atoms with E-state index < -0.39 is 0 Å². The number of H-pyrrole nitrogens is 1. The van der Waals surface area contributed by atoms with Crippen LogP contribution in [0.4, 0.5) is 5.69 Å². The molecule has 3 rings (SSSR count). The van der Waals surface area contributed by atoms with Gasteiger partial charge in [0, 0.05) is 11.8 Å². The highest BCUT2D eigenvalue weighted by atomic mass is 16.5. The number of fused-ring (bicyclic) bond motifs is 1. The van der Waals surface area contributed by atoms with Crippen molar-refractivity contribution in [2.24, 2.45) is 0 Å². The highest BCUT2D eigenvalue weighted by molar-refractivity contribution is 5.98. The maximum absolute atomic E-state index is 12.0. The molecule has 1 aliphatic heterocycles. The predicted molar refractivity (Wildman–Crippen MR) is 70.3 cm³/mol. The number of hydrogen-bond donors (Lipinski definition) is 3. The van der Waals surface area contributed by atoms with E-state index in [-0.39, 0.29) is 18.4 Å². The lowest BCUT2D eigenvalue weighted by molar-refractivity contribution is -0.118. The molecule has 0 aliphatic carbocycles. The van der Waals surface area contributed by atoms with E-state index >= 15 is 0 Å². The average Bonchev–Trinajstić information content (AvgIpc) is 2.97. The number of nitrogens with zero attached hydrogens (tertiary/aromatic N) is 1. The molecule has 1 aromatic carbocycles. The van der Waals surface area contributed by atoms with Crippen molar-refractivity contribution in [2.75, 3.05) is 11.9 Å². The minimum absolute atomic E-state index is 0.0355. The van der Waals surface area contributed by atoms with Crippen molar-refractivity contribution >= 4 is 17.5 Å². The highest BCUT2D eigenvalue weighted by Gasteiger charge is 2.17. The Bertz CT molecular complexity index is 652. The van der Waals surface area contributed by atoms with E-state index in [0.717, 1.165) is 5.69 Å². The van der Waals surface area contributed by atoms with Gasteiger partial charge in [0.25, 0.3) is 11.8 Å². The molecule has 1 aliphatic rings. The van der Waals surface area contributed by atoms with Crippen molar-refractivity contribution in [1.82, 2.24) is 15.3 Å². The van der Waals surface area contributed by atoms with Crippen LogP contribution in [0.5, 0.6) is 5.75 Å². The number of aromatic nitrogens is 2. The molecule has 3 N–H and O–H groups in total. The second-order valence-corrected chi connectivity index (χ2v) is 4.31. The summed E-state index contributed by atoms with van der Waals surface area (Å²) in [4.78, 5) is 29.9. The molecule has 7 heteroatoms. The van der Waals surface area contributed by atoms with E-state index in [1.807, 2.05) is 0 Å². The van der Waals surface area contributed by atoms with Gasteiger partial charge in [-0.15, -0.1) is 0 Å². The van der Waals surface area contributed by atoms with Gasteiger partial charge in [-0.25, -0.2) is 4.98 Å². The summed E-state index contributed by atoms with van der Waals surface area (Å²) in [6.07, 6.45) is 3.20. The first-order chi connectivity index (χ1) is 9.72. The van der Waals surface area contributed by atoms with Gasteiger partial charge >= 0.3 is 0 Å². The van der Waals surface area contributed by atoms with E-state index in [1.165, 1.54) is 0 Å². The summed E-state index contributed by atoms with van der Waals surface area (Å²) in [5, 5.41) is 5.44. The van der Waals surface area contributed by atoms with Crippen LogP contribution < -0.4 is 15.4 Å². The number of rotatable bonds is 3. The highest BCUT2D eigenvalue weighted by Crippen LogP contribution is 2.28. The molecule has 2 heterocycles. The Morgan fingerprint density at radius 2 is 2.35 bits per heavy atom. The first-order valence-corrected chi connectivity index (χ1v) is 6.04. The van der Waals surface area contributed by atoms with Gasteiger partial charge in [0.05, 0.1) is 24.3 Å². The third-order valence-electron chi connectivity index (χ3n) is 2.87. The van der Waals surface area contributed by atoms with Crippen LogP contribution in [0.1, 0.15) is 16.1 Å². The van der Waals surface area contributed by atoms with E-state index in [4.69, 9.17) is 4.74 Å². The fraction of sp³-hybridized carbons (Fsp3) is 0.154. The second-order valence-electron chi connectivity index (χ2n) is 4.31. The van der Waals surface area contributed by atoms with Crippen LogP contribution in [-0.4, -0.2) is 28.4 Å². The first kappa shape index (κ1) is 12.2. The average molecular weight is 272 g/mol. The summed E-state index contributed by atoms with van der Waals surface area (Å²) in [6, 6.07) is 4.89. The Balaban J connectivity index is 1.70. The monoisotopic (exact) mass is 272 g/mol. The fourth-order valence-corrected chi connectivity index (χ4v) is 1.87. The van der Waals surface area contributed by atoms with Crippen LogP contribution in [0.25, 0.3) is 0 Å². The summed E-state index contributed by atoms with van der Waals surface area (Å²) in [6.45, 7) is 0.333. The summed E-state index contributed by atoms with van der Waals surface area (Å²) in [7, 11) is 0. The first-order valence-electron chi connectivity index (χ1n) is 6.04. The van der Waals surface area contributed by atoms with Crippen molar-refractivity contribution in [3.8, 4) is 5.75 Å². The standard InChI is InChI=1S/C13H12N4O3/c18-12-6-20-11-3-8(1-2-10(11)17-12)13(19)15-5-9-4-14-7-16-9/h1-4,7H,5-6H2,(H,14,16)(H,15,19)(H,17,18). The number of carbonyl (C=O) groups is 2. The Morgan fingerprint density at radius 1 is 1.45 bits per heavy atom. The number of hydrogen-bond acceptors (Lipinski definition) is 4. The van der Waals surface area contributed by atoms with Crippen LogP contribution in [0.3, 0.4) is 0 Å². The lowest BCUT2D eigenvalue weighted by Crippen LogP contribution is -2.26. The van der Waals surface area contributed by atoms with Gasteiger partial charge in [-0.1, -0.05) is 0 Å². The van der Waals surface area contributed by atoms with Gasteiger partial charge in [0.15, 0.2) is 6.61 Å². The third kappa shape index (κ3) is 2.46. The SMILES string of the molecule is O=C1COc2cc(C(=O)NCc3cnc[nH]3)ccc2N1. The number of aromatic amines is 1. The molecular weight excluding hydrogens is 260 g/mol. The zero-order valence-corrected chi connectivity index (χ0v) is 10.5. The lowest BCUT2D eigenvalue weighted by atomic mass is 10.1. The molecule has 2 amide bonds. The molecule has 102 valence electrons. The van der Waals surface area contributed by atoms with Crippen LogP contribution in [-0.2, 0) is 11.3 Å². The maximum atomic E-state index is 12.0. The smallest absolute Gasteiger partial charge is 0.262 e. The van der Waals surface area contributed by atoms with E-state index in [0.29, 0.717) is 23.5 Å². The molecule has 20 heavy (non-hydrogen) atoms. The van der Waals surface area contributed by atoms with Gasteiger partial charge in [-0.2, -0.15) is 0 Å². The number of benzene rings is 1. The van der Waals surface area contributed by atoms with E-state index in [2.05, 4.69) is 20.6 Å². The van der Waals surface area contributed by atoms with Crippen LogP contribution in [0.15, 0.2) is 30.7 Å². The Morgan fingerprint density at radius 3 is 3.15 bits per heavy atom. The van der Waals surface area contributed by atoms with Crippen molar-refractivity contribution in [3.05, 3.63) is 42.0 Å². The fourth-order valence-electron chi connectivity index (χ4n) is 1.87. The van der Waals surface area contributed by atoms with Crippen LogP contribution >= 0.6 is 0 Å². The molecular formula is C13H12N4O3. The van der Waals surface area contributed by atoms with Gasteiger partial charge in [0.2, 0.25) is 0 Å². The molecule has 0 radical (unpaired) electrons. The maximum Gasteiger partial charge on any atom is 0.262 e. The lowest BCUT2D eigenvalue weighted by Gasteiger charge is -2.18. The summed E-state index contributed by atoms with van der Waals surface area (Å²) < 4.78 is 5.27. The molecule has 7 nitrogen and oxygen atoms in total. The Kier molecular flexibility index (Phi) is 3.08. The molecule has 0 unspecified atom stereocenters. The molecule has 0 fully saturated rings. The molecule has 2 aromatic rings. The normalized spacial score (nSPS) is 13.1. The Labute approximate surface area is 114 Å². The topological polar surface area (TPSA) is 96.1 Å². The quantitative estimate of drug-likeness (QED) is 0.765. The number of anilines is 1. The van der Waals surface area contributed by atoms with Gasteiger partial charge in [0.1, 0.15) is 5.75 Å². The number of ether oxygens (including phenoxy) is 1. The minimum atomic E-state index is -0.220. The van der Waals surface area contributed by atoms with Gasteiger partial charge < -0.3 is 20.4 Å². The molecule has 0 bridgehead atoms. The Hall–Kier alpha value is -2.83. The second kappa shape index (κ2) is 5.04. The van der Waals surface area contributed by atoms with Gasteiger partial charge in [-0.05, 0) is 18.2 Å². The van der Waals surface area contributed by atoms with E-state index in [1.54, 1.807) is 30.7 Å². The third-order valence-corrected chi connectivity index (χ3v) is 2.87. The van der Waals surface area contributed by atoms with Crippen LogP contribution in [0.2, 0.25) is 0 Å². The summed E-state index contributed by atoms with van der Waals surface area (Å²) >= 11 is 0. The largest absolute Gasteiger partial charge is 0.482 e. The zero-order valence-electron chi connectivity index (χ0n) is 10.5.